The Hall–Kier alpha value is -2.42. The molecule has 0 unspecified atom stereocenters. The first-order chi connectivity index (χ1) is 15.4. The largest absolute Gasteiger partial charge is 0.355 e. The molecule has 0 aliphatic carbocycles. The minimum absolute atomic E-state index is 0.0526. The van der Waals surface area contributed by atoms with E-state index in [-0.39, 0.29) is 11.8 Å². The van der Waals surface area contributed by atoms with Crippen molar-refractivity contribution in [2.45, 2.75) is 26.8 Å². The fraction of sp³-hybridized carbons (Fsp3) is 0.435. The van der Waals surface area contributed by atoms with E-state index in [4.69, 9.17) is 11.6 Å². The second-order valence-electron chi connectivity index (χ2n) is 8.12. The summed E-state index contributed by atoms with van der Waals surface area (Å²) in [4.78, 5) is 30.8. The Morgan fingerprint density at radius 1 is 1.16 bits per heavy atom. The molecule has 3 aromatic rings. The monoisotopic (exact) mass is 473 g/mol. The third-order valence-electron chi connectivity index (χ3n) is 5.66. The Labute approximate surface area is 196 Å². The van der Waals surface area contributed by atoms with Gasteiger partial charge in [-0.05, 0) is 37.1 Å². The Morgan fingerprint density at radius 2 is 1.88 bits per heavy atom. The molecule has 1 N–H and O–H groups in total. The van der Waals surface area contributed by atoms with Gasteiger partial charge in [0.05, 0.1) is 23.7 Å². The van der Waals surface area contributed by atoms with E-state index >= 15 is 0 Å². The van der Waals surface area contributed by atoms with Crippen LogP contribution >= 0.6 is 22.9 Å². The first kappa shape index (κ1) is 22.8. The number of thiophene rings is 1. The van der Waals surface area contributed by atoms with Gasteiger partial charge < -0.3 is 10.2 Å². The van der Waals surface area contributed by atoms with E-state index in [1.165, 1.54) is 11.3 Å². The van der Waals surface area contributed by atoms with Crippen molar-refractivity contribution in [3.05, 3.63) is 51.5 Å². The van der Waals surface area contributed by atoms with Crippen molar-refractivity contribution in [2.75, 3.05) is 39.3 Å². The molecule has 4 rings (SSSR count). The van der Waals surface area contributed by atoms with E-state index in [0.717, 1.165) is 32.8 Å². The molecule has 2 aromatic heterocycles. The molecule has 1 fully saturated rings. The normalized spacial score (nSPS) is 14.8. The molecule has 1 aliphatic heterocycles. The number of amides is 2. The summed E-state index contributed by atoms with van der Waals surface area (Å²) in [5.41, 5.74) is 2.03. The highest BCUT2D eigenvalue weighted by Gasteiger charge is 2.25. The summed E-state index contributed by atoms with van der Waals surface area (Å²) in [6.45, 7) is 8.42. The first-order valence-corrected chi connectivity index (χ1v) is 12.1. The number of hydrogen-bond donors (Lipinski definition) is 1. The summed E-state index contributed by atoms with van der Waals surface area (Å²) in [7, 11) is 0. The van der Waals surface area contributed by atoms with Crippen molar-refractivity contribution in [3.63, 3.8) is 0 Å². The Morgan fingerprint density at radius 3 is 2.56 bits per heavy atom. The molecule has 3 heterocycles. The molecular formula is C23H28ClN5O2S. The fourth-order valence-corrected chi connectivity index (χ4v) is 5.13. The molecule has 0 radical (unpaired) electrons. The summed E-state index contributed by atoms with van der Waals surface area (Å²) in [6, 6.07) is 9.70. The number of aromatic nitrogens is 2. The minimum Gasteiger partial charge on any atom is -0.355 e. The number of carbonyl (C=O) groups is 2. The number of hydrogen-bond acceptors (Lipinski definition) is 5. The molecular weight excluding hydrogens is 446 g/mol. The smallest absolute Gasteiger partial charge is 0.264 e. The van der Waals surface area contributed by atoms with E-state index in [9.17, 15) is 9.59 Å². The number of fused-ring (bicyclic) bond motifs is 1. The average Bonchev–Trinajstić information content (AvgIpc) is 3.35. The second-order valence-corrected chi connectivity index (χ2v) is 9.58. The number of nitrogens with zero attached hydrogens (tertiary/aromatic N) is 4. The van der Waals surface area contributed by atoms with E-state index < -0.39 is 0 Å². The molecule has 1 aliphatic rings. The zero-order valence-electron chi connectivity index (χ0n) is 18.4. The number of aryl methyl sites for hydroxylation is 1. The molecule has 170 valence electrons. The van der Waals surface area contributed by atoms with Crippen LogP contribution < -0.4 is 5.32 Å². The molecule has 7 nitrogen and oxygen atoms in total. The van der Waals surface area contributed by atoms with E-state index in [1.807, 2.05) is 53.8 Å². The molecule has 1 aromatic carbocycles. The van der Waals surface area contributed by atoms with Crippen molar-refractivity contribution in [2.24, 2.45) is 0 Å². The lowest BCUT2D eigenvalue weighted by Gasteiger charge is -2.34. The second kappa shape index (κ2) is 10.0. The lowest BCUT2D eigenvalue weighted by molar-refractivity contribution is -0.122. The van der Waals surface area contributed by atoms with E-state index in [0.29, 0.717) is 50.8 Å². The van der Waals surface area contributed by atoms with Gasteiger partial charge in [-0.25, -0.2) is 0 Å². The van der Waals surface area contributed by atoms with Crippen molar-refractivity contribution >= 4 is 45.0 Å². The molecule has 0 saturated carbocycles. The van der Waals surface area contributed by atoms with Crippen LogP contribution in [0.1, 0.15) is 34.3 Å². The molecule has 0 spiro atoms. The number of piperazine rings is 1. The molecule has 0 bridgehead atoms. The molecule has 9 heteroatoms. The Bertz CT molecular complexity index is 1100. The number of carbonyl (C=O) groups excluding carboxylic acids is 2. The number of nitrogens with one attached hydrogen (secondary N) is 1. The summed E-state index contributed by atoms with van der Waals surface area (Å²) in [6.07, 6.45) is 0.931. The van der Waals surface area contributed by atoms with Gasteiger partial charge in [-0.1, -0.05) is 30.7 Å². The maximum atomic E-state index is 13.2. The van der Waals surface area contributed by atoms with Crippen LogP contribution in [0.2, 0.25) is 5.02 Å². The van der Waals surface area contributed by atoms with E-state index in [2.05, 4.69) is 15.3 Å². The first-order valence-electron chi connectivity index (χ1n) is 10.9. The van der Waals surface area contributed by atoms with Crippen molar-refractivity contribution in [1.82, 2.24) is 24.9 Å². The van der Waals surface area contributed by atoms with Crippen LogP contribution in [0.3, 0.4) is 0 Å². The van der Waals surface area contributed by atoms with Crippen molar-refractivity contribution in [1.29, 1.82) is 0 Å². The van der Waals surface area contributed by atoms with Crippen LogP contribution in [0, 0.1) is 6.92 Å². The number of halogens is 1. The third kappa shape index (κ3) is 5.14. The third-order valence-corrected chi connectivity index (χ3v) is 7.05. The number of benzene rings is 1. The Kier molecular flexibility index (Phi) is 7.13. The molecule has 32 heavy (non-hydrogen) atoms. The van der Waals surface area contributed by atoms with Crippen LogP contribution in [0.15, 0.2) is 30.3 Å². The van der Waals surface area contributed by atoms with Gasteiger partial charge in [0.15, 0.2) is 0 Å². The van der Waals surface area contributed by atoms with Crippen LogP contribution in [0.5, 0.6) is 0 Å². The maximum Gasteiger partial charge on any atom is 0.264 e. The predicted molar refractivity (Wildman–Crippen MR) is 129 cm³/mol. The van der Waals surface area contributed by atoms with Gasteiger partial charge in [-0.15, -0.1) is 11.3 Å². The summed E-state index contributed by atoms with van der Waals surface area (Å²) in [5.74, 6) is 0.107. The minimum atomic E-state index is 0.0526. The maximum absolute atomic E-state index is 13.2. The lowest BCUT2D eigenvalue weighted by atomic mass is 10.2. The summed E-state index contributed by atoms with van der Waals surface area (Å²) < 4.78 is 1.96. The van der Waals surface area contributed by atoms with Crippen molar-refractivity contribution < 1.29 is 9.59 Å². The standard InChI is InChI=1S/C23H28ClN5O2S/c1-3-8-25-21(30)15-27-9-11-28(12-10-27)22(31)20-13-19-16(2)26-29(23(19)32-20)14-17-4-6-18(24)7-5-17/h4-7,13H,3,8-12,14-15H2,1-2H3,(H,25,30). The SMILES string of the molecule is CCCNC(=O)CN1CCN(C(=O)c2cc3c(C)nn(Cc4ccc(Cl)cc4)c3s2)CC1. The highest BCUT2D eigenvalue weighted by molar-refractivity contribution is 7.20. The highest BCUT2D eigenvalue weighted by Crippen LogP contribution is 2.30. The lowest BCUT2D eigenvalue weighted by Crippen LogP contribution is -2.51. The fourth-order valence-electron chi connectivity index (χ4n) is 3.88. The highest BCUT2D eigenvalue weighted by atomic mass is 35.5. The van der Waals surface area contributed by atoms with Crippen LogP contribution in [0.25, 0.3) is 10.2 Å². The molecule has 2 amide bonds. The molecule has 1 saturated heterocycles. The zero-order chi connectivity index (χ0) is 22.7. The van der Waals surface area contributed by atoms with Gasteiger partial charge in [0, 0.05) is 43.1 Å². The van der Waals surface area contributed by atoms with Gasteiger partial charge >= 0.3 is 0 Å². The predicted octanol–water partition coefficient (Wildman–Crippen LogP) is 3.39. The van der Waals surface area contributed by atoms with Gasteiger partial charge in [0.25, 0.3) is 5.91 Å². The van der Waals surface area contributed by atoms with E-state index in [1.54, 1.807) is 0 Å². The Balaban J connectivity index is 1.41. The van der Waals surface area contributed by atoms with Gasteiger partial charge in [0.1, 0.15) is 4.83 Å². The topological polar surface area (TPSA) is 70.5 Å². The quantitative estimate of drug-likeness (QED) is 0.571. The number of rotatable bonds is 7. The van der Waals surface area contributed by atoms with Crippen LogP contribution in [-0.4, -0.2) is 70.7 Å². The summed E-state index contributed by atoms with van der Waals surface area (Å²) >= 11 is 7.49. The van der Waals surface area contributed by atoms with Crippen LogP contribution in [-0.2, 0) is 11.3 Å². The molecule has 0 atom stereocenters. The van der Waals surface area contributed by atoms with Gasteiger partial charge in [-0.2, -0.15) is 5.10 Å². The summed E-state index contributed by atoms with van der Waals surface area (Å²) in [5, 5.41) is 9.31. The van der Waals surface area contributed by atoms with Gasteiger partial charge in [-0.3, -0.25) is 19.2 Å². The van der Waals surface area contributed by atoms with Crippen molar-refractivity contribution in [3.8, 4) is 0 Å². The van der Waals surface area contributed by atoms with Crippen LogP contribution in [0.4, 0.5) is 0 Å². The van der Waals surface area contributed by atoms with Gasteiger partial charge in [0.2, 0.25) is 5.91 Å². The average molecular weight is 474 g/mol. The zero-order valence-corrected chi connectivity index (χ0v) is 20.0.